The third-order valence-corrected chi connectivity index (χ3v) is 3.19. The molecule has 1 aliphatic rings. The minimum absolute atomic E-state index is 0.165. The van der Waals surface area contributed by atoms with E-state index in [1.807, 2.05) is 0 Å². The van der Waals surface area contributed by atoms with E-state index >= 15 is 0 Å². The summed E-state index contributed by atoms with van der Waals surface area (Å²) in [6, 6.07) is 0. The highest BCUT2D eigenvalue weighted by molar-refractivity contribution is 5.79. The van der Waals surface area contributed by atoms with Crippen molar-refractivity contribution in [2.24, 2.45) is 4.99 Å². The fourth-order valence-electron chi connectivity index (χ4n) is 2.13. The predicted molar refractivity (Wildman–Crippen MR) is 72.9 cm³/mol. The number of aliphatic imine (C=N–C) groups is 1. The maximum Gasteiger partial charge on any atom is 0.390 e. The number of ether oxygens (including phenoxy) is 1. The standard InChI is InChI=1S/C13H24F3N3O/c1-17-12(19-9-7-13(14,15)16)18-8-4-10-20-11-5-2-3-6-11/h11H,2-10H2,1H3,(H2,17,18,19). The highest BCUT2D eigenvalue weighted by Gasteiger charge is 2.26. The van der Waals surface area contributed by atoms with Gasteiger partial charge in [0.25, 0.3) is 0 Å². The van der Waals surface area contributed by atoms with Crippen LogP contribution in [0.2, 0.25) is 0 Å². The number of rotatable bonds is 7. The Kier molecular flexibility index (Phi) is 7.72. The summed E-state index contributed by atoms with van der Waals surface area (Å²) >= 11 is 0. The molecule has 0 bridgehead atoms. The maximum absolute atomic E-state index is 12.0. The van der Waals surface area contributed by atoms with E-state index in [-0.39, 0.29) is 6.54 Å². The Bertz CT molecular complexity index is 289. The first-order valence-corrected chi connectivity index (χ1v) is 7.14. The number of hydrogen-bond acceptors (Lipinski definition) is 2. The first kappa shape index (κ1) is 17.1. The van der Waals surface area contributed by atoms with E-state index in [2.05, 4.69) is 15.6 Å². The van der Waals surface area contributed by atoms with Crippen LogP contribution < -0.4 is 10.6 Å². The van der Waals surface area contributed by atoms with Gasteiger partial charge in [-0.25, -0.2) is 0 Å². The topological polar surface area (TPSA) is 45.7 Å². The molecule has 0 amide bonds. The molecule has 7 heteroatoms. The van der Waals surface area contributed by atoms with Gasteiger partial charge < -0.3 is 15.4 Å². The molecule has 1 rings (SSSR count). The average molecular weight is 295 g/mol. The quantitative estimate of drug-likeness (QED) is 0.431. The lowest BCUT2D eigenvalue weighted by Gasteiger charge is -2.14. The largest absolute Gasteiger partial charge is 0.390 e. The Morgan fingerprint density at radius 2 is 1.85 bits per heavy atom. The van der Waals surface area contributed by atoms with Crippen molar-refractivity contribution in [3.05, 3.63) is 0 Å². The van der Waals surface area contributed by atoms with Gasteiger partial charge >= 0.3 is 6.18 Å². The third-order valence-electron chi connectivity index (χ3n) is 3.19. The van der Waals surface area contributed by atoms with E-state index in [0.29, 0.717) is 25.2 Å². The van der Waals surface area contributed by atoms with Crippen LogP contribution in [0.5, 0.6) is 0 Å². The van der Waals surface area contributed by atoms with Crippen molar-refractivity contribution in [2.45, 2.75) is 50.8 Å². The SMILES string of the molecule is CN=C(NCCCOC1CCCC1)NCCC(F)(F)F. The molecule has 1 aliphatic carbocycles. The summed E-state index contributed by atoms with van der Waals surface area (Å²) in [6.07, 6.45) is 1.01. The van der Waals surface area contributed by atoms with Gasteiger partial charge in [0.15, 0.2) is 5.96 Å². The average Bonchev–Trinajstić information content (AvgIpc) is 2.88. The van der Waals surface area contributed by atoms with Crippen LogP contribution in [0.1, 0.15) is 38.5 Å². The smallest absolute Gasteiger partial charge is 0.378 e. The molecule has 20 heavy (non-hydrogen) atoms. The van der Waals surface area contributed by atoms with Crippen molar-refractivity contribution < 1.29 is 17.9 Å². The second kappa shape index (κ2) is 9.05. The first-order valence-electron chi connectivity index (χ1n) is 7.14. The number of guanidine groups is 1. The highest BCUT2D eigenvalue weighted by atomic mass is 19.4. The van der Waals surface area contributed by atoms with Crippen molar-refractivity contribution in [3.8, 4) is 0 Å². The molecule has 1 fully saturated rings. The second-order valence-electron chi connectivity index (χ2n) is 4.92. The van der Waals surface area contributed by atoms with Crippen molar-refractivity contribution >= 4 is 5.96 Å². The van der Waals surface area contributed by atoms with Crippen LogP contribution in [0.3, 0.4) is 0 Å². The van der Waals surface area contributed by atoms with Gasteiger partial charge in [0.2, 0.25) is 0 Å². The van der Waals surface area contributed by atoms with Gasteiger partial charge in [-0.2, -0.15) is 13.2 Å². The number of halogens is 3. The molecule has 0 aromatic heterocycles. The summed E-state index contributed by atoms with van der Waals surface area (Å²) in [5.41, 5.74) is 0. The van der Waals surface area contributed by atoms with E-state index < -0.39 is 12.6 Å². The van der Waals surface area contributed by atoms with Crippen LogP contribution >= 0.6 is 0 Å². The van der Waals surface area contributed by atoms with E-state index in [1.165, 1.54) is 19.9 Å². The maximum atomic E-state index is 12.0. The molecular formula is C13H24F3N3O. The molecule has 118 valence electrons. The molecule has 0 atom stereocenters. The number of alkyl halides is 3. The summed E-state index contributed by atoms with van der Waals surface area (Å²) in [6.45, 7) is 1.15. The minimum atomic E-state index is -4.14. The first-order chi connectivity index (χ1) is 9.51. The van der Waals surface area contributed by atoms with Gasteiger partial charge in [-0.1, -0.05) is 12.8 Å². The van der Waals surface area contributed by atoms with Crippen LogP contribution in [0.15, 0.2) is 4.99 Å². The summed E-state index contributed by atoms with van der Waals surface area (Å²) in [7, 11) is 1.54. The van der Waals surface area contributed by atoms with E-state index in [9.17, 15) is 13.2 Å². The van der Waals surface area contributed by atoms with Gasteiger partial charge in [0.05, 0.1) is 12.5 Å². The Balaban J connectivity index is 2.00. The summed E-state index contributed by atoms with van der Waals surface area (Å²) in [5.74, 6) is 0.398. The number of nitrogens with zero attached hydrogens (tertiary/aromatic N) is 1. The summed E-state index contributed by atoms with van der Waals surface area (Å²) in [4.78, 5) is 3.87. The third kappa shape index (κ3) is 8.24. The van der Waals surface area contributed by atoms with Gasteiger partial charge in [0, 0.05) is 26.7 Å². The minimum Gasteiger partial charge on any atom is -0.378 e. The van der Waals surface area contributed by atoms with Gasteiger partial charge in [-0.05, 0) is 19.3 Å². The van der Waals surface area contributed by atoms with Crippen LogP contribution in [0.25, 0.3) is 0 Å². The summed E-state index contributed by atoms with van der Waals surface area (Å²) in [5, 5.41) is 5.61. The molecule has 2 N–H and O–H groups in total. The highest BCUT2D eigenvalue weighted by Crippen LogP contribution is 2.20. The van der Waals surface area contributed by atoms with Crippen LogP contribution in [-0.4, -0.2) is 45.0 Å². The van der Waals surface area contributed by atoms with E-state index in [0.717, 1.165) is 19.3 Å². The van der Waals surface area contributed by atoms with Gasteiger partial charge in [0.1, 0.15) is 0 Å². The Morgan fingerprint density at radius 3 is 2.45 bits per heavy atom. The number of nitrogens with one attached hydrogen (secondary N) is 2. The Labute approximate surface area is 118 Å². The molecule has 1 saturated carbocycles. The zero-order valence-corrected chi connectivity index (χ0v) is 11.9. The van der Waals surface area contributed by atoms with Gasteiger partial charge in [-0.15, -0.1) is 0 Å². The van der Waals surface area contributed by atoms with Crippen molar-refractivity contribution in [3.63, 3.8) is 0 Å². The van der Waals surface area contributed by atoms with Crippen LogP contribution in [0, 0.1) is 0 Å². The van der Waals surface area contributed by atoms with Crippen molar-refractivity contribution in [1.29, 1.82) is 0 Å². The fourth-order valence-corrected chi connectivity index (χ4v) is 2.13. The normalized spacial score (nSPS) is 17.5. The Morgan fingerprint density at radius 1 is 1.20 bits per heavy atom. The Hall–Kier alpha value is -0.980. The molecule has 0 aromatic rings. The number of hydrogen-bond donors (Lipinski definition) is 2. The molecule has 0 spiro atoms. The monoisotopic (exact) mass is 295 g/mol. The second-order valence-corrected chi connectivity index (χ2v) is 4.92. The molecule has 0 unspecified atom stereocenters. The van der Waals surface area contributed by atoms with Crippen LogP contribution in [0.4, 0.5) is 13.2 Å². The lowest BCUT2D eigenvalue weighted by atomic mass is 10.3. The predicted octanol–water partition coefficient (Wildman–Crippen LogP) is 2.45. The van der Waals surface area contributed by atoms with Gasteiger partial charge in [-0.3, -0.25) is 4.99 Å². The molecule has 0 saturated heterocycles. The van der Waals surface area contributed by atoms with Crippen molar-refractivity contribution in [1.82, 2.24) is 10.6 Å². The van der Waals surface area contributed by atoms with Crippen molar-refractivity contribution in [2.75, 3.05) is 26.7 Å². The molecule has 0 heterocycles. The molecular weight excluding hydrogens is 271 g/mol. The fraction of sp³-hybridized carbons (Fsp3) is 0.923. The lowest BCUT2D eigenvalue weighted by molar-refractivity contribution is -0.132. The van der Waals surface area contributed by atoms with E-state index in [1.54, 1.807) is 0 Å². The molecule has 0 radical (unpaired) electrons. The van der Waals surface area contributed by atoms with E-state index in [4.69, 9.17) is 4.74 Å². The lowest BCUT2D eigenvalue weighted by Crippen LogP contribution is -2.39. The molecule has 4 nitrogen and oxygen atoms in total. The zero-order chi connectivity index (χ0) is 14.8. The van der Waals surface area contributed by atoms with Crippen LogP contribution in [-0.2, 0) is 4.74 Å². The zero-order valence-electron chi connectivity index (χ0n) is 11.9. The molecule has 0 aromatic carbocycles. The molecule has 0 aliphatic heterocycles. The summed E-state index contributed by atoms with van der Waals surface area (Å²) < 4.78 is 41.7.